The first-order valence-corrected chi connectivity index (χ1v) is 6.75. The number of carbonyl (C=O) groups excluding carboxylic acids is 1. The van der Waals surface area contributed by atoms with Crippen molar-refractivity contribution in [3.8, 4) is 11.3 Å². The van der Waals surface area contributed by atoms with Gasteiger partial charge in [-0.15, -0.1) is 0 Å². The van der Waals surface area contributed by atoms with Crippen molar-refractivity contribution < 1.29 is 9.21 Å². The van der Waals surface area contributed by atoms with Gasteiger partial charge in [-0.2, -0.15) is 0 Å². The topological polar surface area (TPSA) is 42.2 Å². The molecule has 3 aromatic rings. The third-order valence-electron chi connectivity index (χ3n) is 3.32. The van der Waals surface area contributed by atoms with E-state index in [2.05, 4.69) is 5.32 Å². The SMILES string of the molecule is Cc1cc(-c2ccco2)ccc1NC(=O)c1ccccc1. The predicted octanol–water partition coefficient (Wildman–Crippen LogP) is 4.51. The van der Waals surface area contributed by atoms with Gasteiger partial charge in [0.2, 0.25) is 0 Å². The number of benzene rings is 2. The van der Waals surface area contributed by atoms with Crippen LogP contribution < -0.4 is 5.32 Å². The number of anilines is 1. The van der Waals surface area contributed by atoms with E-state index in [-0.39, 0.29) is 5.91 Å². The maximum absolute atomic E-state index is 12.2. The Bertz CT molecular complexity index is 746. The summed E-state index contributed by atoms with van der Waals surface area (Å²) in [7, 11) is 0. The number of hydrogen-bond donors (Lipinski definition) is 1. The van der Waals surface area contributed by atoms with Crippen LogP contribution in [0.1, 0.15) is 15.9 Å². The maximum Gasteiger partial charge on any atom is 0.255 e. The lowest BCUT2D eigenvalue weighted by atomic mass is 10.1. The van der Waals surface area contributed by atoms with Crippen LogP contribution in [0.15, 0.2) is 71.3 Å². The van der Waals surface area contributed by atoms with Gasteiger partial charge in [0, 0.05) is 16.8 Å². The van der Waals surface area contributed by atoms with Gasteiger partial charge < -0.3 is 9.73 Å². The first kappa shape index (κ1) is 13.2. The van der Waals surface area contributed by atoms with Crippen molar-refractivity contribution in [1.82, 2.24) is 0 Å². The second-order valence-electron chi connectivity index (χ2n) is 4.83. The quantitative estimate of drug-likeness (QED) is 0.765. The predicted molar refractivity (Wildman–Crippen MR) is 83.3 cm³/mol. The van der Waals surface area contributed by atoms with Crippen molar-refractivity contribution in [2.24, 2.45) is 0 Å². The zero-order valence-electron chi connectivity index (χ0n) is 11.7. The van der Waals surface area contributed by atoms with E-state index in [0.29, 0.717) is 5.56 Å². The summed E-state index contributed by atoms with van der Waals surface area (Å²) in [6, 6.07) is 18.8. The van der Waals surface area contributed by atoms with Gasteiger partial charge in [0.15, 0.2) is 0 Å². The van der Waals surface area contributed by atoms with E-state index in [4.69, 9.17) is 4.42 Å². The molecule has 0 atom stereocenters. The van der Waals surface area contributed by atoms with Gasteiger partial charge in [-0.3, -0.25) is 4.79 Å². The molecule has 2 aromatic carbocycles. The summed E-state index contributed by atoms with van der Waals surface area (Å²) in [5.41, 5.74) is 3.44. The second-order valence-corrected chi connectivity index (χ2v) is 4.83. The van der Waals surface area contributed by atoms with Crippen molar-refractivity contribution in [1.29, 1.82) is 0 Å². The lowest BCUT2D eigenvalue weighted by molar-refractivity contribution is 0.102. The highest BCUT2D eigenvalue weighted by Crippen LogP contribution is 2.25. The van der Waals surface area contributed by atoms with Gasteiger partial charge in [-0.25, -0.2) is 0 Å². The molecule has 0 unspecified atom stereocenters. The van der Waals surface area contributed by atoms with Crippen molar-refractivity contribution in [3.63, 3.8) is 0 Å². The Morgan fingerprint density at radius 1 is 1.00 bits per heavy atom. The summed E-state index contributed by atoms with van der Waals surface area (Å²) in [6.07, 6.45) is 1.65. The molecule has 0 spiro atoms. The lowest BCUT2D eigenvalue weighted by Crippen LogP contribution is -2.12. The minimum absolute atomic E-state index is 0.107. The fourth-order valence-corrected chi connectivity index (χ4v) is 2.18. The molecule has 1 heterocycles. The van der Waals surface area contributed by atoms with E-state index < -0.39 is 0 Å². The average Bonchev–Trinajstić information content (AvgIpc) is 3.04. The van der Waals surface area contributed by atoms with E-state index in [0.717, 1.165) is 22.6 Å². The summed E-state index contributed by atoms with van der Waals surface area (Å²) >= 11 is 0. The van der Waals surface area contributed by atoms with Gasteiger partial charge in [-0.1, -0.05) is 18.2 Å². The highest BCUT2D eigenvalue weighted by molar-refractivity contribution is 6.04. The Kier molecular flexibility index (Phi) is 3.56. The summed E-state index contributed by atoms with van der Waals surface area (Å²) < 4.78 is 5.38. The van der Waals surface area contributed by atoms with Crippen molar-refractivity contribution >= 4 is 11.6 Å². The molecule has 0 saturated carbocycles. The van der Waals surface area contributed by atoms with Gasteiger partial charge in [0.1, 0.15) is 5.76 Å². The Hall–Kier alpha value is -2.81. The number of carbonyl (C=O) groups is 1. The number of amides is 1. The average molecular weight is 277 g/mol. The molecule has 0 fully saturated rings. The van der Waals surface area contributed by atoms with Crippen molar-refractivity contribution in [3.05, 3.63) is 78.1 Å². The molecule has 21 heavy (non-hydrogen) atoms. The third kappa shape index (κ3) is 2.87. The molecule has 0 bridgehead atoms. The third-order valence-corrected chi connectivity index (χ3v) is 3.32. The number of furan rings is 1. The molecule has 104 valence electrons. The van der Waals surface area contributed by atoms with Crippen LogP contribution in [0.4, 0.5) is 5.69 Å². The molecule has 1 aromatic heterocycles. The van der Waals surface area contributed by atoms with Crippen LogP contribution in [-0.4, -0.2) is 5.91 Å². The van der Waals surface area contributed by atoms with Crippen LogP contribution in [-0.2, 0) is 0 Å². The van der Waals surface area contributed by atoms with Gasteiger partial charge in [-0.05, 0) is 55.0 Å². The summed E-state index contributed by atoms with van der Waals surface area (Å²) in [5, 5.41) is 2.93. The fraction of sp³-hybridized carbons (Fsp3) is 0.0556. The molecule has 3 nitrogen and oxygen atoms in total. The summed E-state index contributed by atoms with van der Waals surface area (Å²) in [5.74, 6) is 0.712. The smallest absolute Gasteiger partial charge is 0.255 e. The lowest BCUT2D eigenvalue weighted by Gasteiger charge is -2.09. The van der Waals surface area contributed by atoms with Crippen LogP contribution >= 0.6 is 0 Å². The van der Waals surface area contributed by atoms with E-state index in [9.17, 15) is 4.79 Å². The Morgan fingerprint density at radius 2 is 1.81 bits per heavy atom. The molecule has 0 aliphatic rings. The summed E-state index contributed by atoms with van der Waals surface area (Å²) in [6.45, 7) is 1.97. The fourth-order valence-electron chi connectivity index (χ4n) is 2.18. The van der Waals surface area contributed by atoms with E-state index in [1.165, 1.54) is 0 Å². The molecule has 0 radical (unpaired) electrons. The van der Waals surface area contributed by atoms with Gasteiger partial charge in [0.05, 0.1) is 6.26 Å². The molecule has 0 saturated heterocycles. The minimum Gasteiger partial charge on any atom is -0.464 e. The number of hydrogen-bond acceptors (Lipinski definition) is 2. The van der Waals surface area contributed by atoms with Crippen molar-refractivity contribution in [2.45, 2.75) is 6.92 Å². The Labute approximate surface area is 123 Å². The molecule has 1 amide bonds. The van der Waals surface area contributed by atoms with E-state index in [1.54, 1.807) is 18.4 Å². The van der Waals surface area contributed by atoms with Crippen LogP contribution in [0.2, 0.25) is 0 Å². The standard InChI is InChI=1S/C18H15NO2/c1-13-12-15(17-8-5-11-21-17)9-10-16(13)19-18(20)14-6-3-2-4-7-14/h2-12H,1H3,(H,19,20). The molecule has 3 rings (SSSR count). The maximum atomic E-state index is 12.2. The Morgan fingerprint density at radius 3 is 2.48 bits per heavy atom. The number of aryl methyl sites for hydroxylation is 1. The molecular weight excluding hydrogens is 262 g/mol. The Balaban J connectivity index is 1.82. The molecule has 3 heteroatoms. The highest BCUT2D eigenvalue weighted by atomic mass is 16.3. The first-order chi connectivity index (χ1) is 10.2. The molecule has 1 N–H and O–H groups in total. The van der Waals surface area contributed by atoms with E-state index >= 15 is 0 Å². The van der Waals surface area contributed by atoms with Gasteiger partial charge >= 0.3 is 0 Å². The zero-order valence-corrected chi connectivity index (χ0v) is 11.7. The van der Waals surface area contributed by atoms with Gasteiger partial charge in [0.25, 0.3) is 5.91 Å². The van der Waals surface area contributed by atoms with Crippen molar-refractivity contribution in [2.75, 3.05) is 5.32 Å². The van der Waals surface area contributed by atoms with Crippen LogP contribution in [0.25, 0.3) is 11.3 Å². The second kappa shape index (κ2) is 5.67. The number of nitrogens with one attached hydrogen (secondary N) is 1. The molecule has 0 aliphatic carbocycles. The first-order valence-electron chi connectivity index (χ1n) is 6.75. The molecule has 0 aliphatic heterocycles. The minimum atomic E-state index is -0.107. The van der Waals surface area contributed by atoms with Crippen LogP contribution in [0.5, 0.6) is 0 Å². The van der Waals surface area contributed by atoms with E-state index in [1.807, 2.05) is 55.5 Å². The zero-order chi connectivity index (χ0) is 14.7. The normalized spacial score (nSPS) is 10.3. The molecular formula is C18H15NO2. The largest absolute Gasteiger partial charge is 0.464 e. The highest BCUT2D eigenvalue weighted by Gasteiger charge is 2.08. The monoisotopic (exact) mass is 277 g/mol. The van der Waals surface area contributed by atoms with Crippen LogP contribution in [0.3, 0.4) is 0 Å². The summed E-state index contributed by atoms with van der Waals surface area (Å²) in [4.78, 5) is 12.2. The number of rotatable bonds is 3. The van der Waals surface area contributed by atoms with Crippen LogP contribution in [0, 0.1) is 6.92 Å².